The van der Waals surface area contributed by atoms with Crippen LogP contribution in [0.3, 0.4) is 0 Å². The molecule has 0 aliphatic heterocycles. The minimum absolute atomic E-state index is 0.235. The average molecular weight is 453 g/mol. The van der Waals surface area contributed by atoms with Crippen molar-refractivity contribution < 1.29 is 10.2 Å². The monoisotopic (exact) mass is 452 g/mol. The van der Waals surface area contributed by atoms with E-state index in [1.807, 2.05) is 6.92 Å². The zero-order chi connectivity index (χ0) is 23.6. The molecule has 2 N–H and O–H groups in total. The highest BCUT2D eigenvalue weighted by molar-refractivity contribution is 7.23. The van der Waals surface area contributed by atoms with Crippen LogP contribution in [-0.4, -0.2) is 21.9 Å². The fourth-order valence-electron chi connectivity index (χ4n) is 4.77. The van der Waals surface area contributed by atoms with Gasteiger partial charge in [0.25, 0.3) is 0 Å². The molecule has 0 aromatic rings. The lowest BCUT2D eigenvalue weighted by molar-refractivity contribution is 0.0350. The molecule has 0 radical (unpaired) electrons. The first-order valence-corrected chi connectivity index (χ1v) is 13.6. The minimum atomic E-state index is -0.481. The van der Waals surface area contributed by atoms with E-state index in [1.54, 1.807) is 0 Å². The molecule has 0 bridgehead atoms. The van der Waals surface area contributed by atoms with Crippen LogP contribution in [0.25, 0.3) is 0 Å². The molecule has 0 aromatic carbocycles. The van der Waals surface area contributed by atoms with Crippen molar-refractivity contribution in [2.45, 2.75) is 131 Å². The van der Waals surface area contributed by atoms with Crippen LogP contribution in [-0.2, 0) is 0 Å². The van der Waals surface area contributed by atoms with Gasteiger partial charge in [0.2, 0.25) is 0 Å². The molecule has 0 aromatic heterocycles. The molecular formula is C28H53O2P. The molecule has 0 saturated heterocycles. The Balaban J connectivity index is 2.20. The zero-order valence-corrected chi connectivity index (χ0v) is 22.9. The molecule has 0 fully saturated rings. The minimum Gasteiger partial charge on any atom is -0.390 e. The normalized spacial score (nSPS) is 23.6. The van der Waals surface area contributed by atoms with Gasteiger partial charge in [-0.15, -0.1) is 9.24 Å². The maximum Gasteiger partial charge on any atom is 0.0789 e. The van der Waals surface area contributed by atoms with Crippen molar-refractivity contribution >= 4 is 9.24 Å². The third kappa shape index (κ3) is 11.5. The first-order chi connectivity index (χ1) is 14.4. The fraction of sp³-hybridized carbons (Fsp3) is 0.857. The average Bonchev–Trinajstić information content (AvgIpc) is 2.67. The highest BCUT2D eigenvalue weighted by Crippen LogP contribution is 2.36. The lowest BCUT2D eigenvalue weighted by atomic mass is 9.85. The van der Waals surface area contributed by atoms with Crippen molar-refractivity contribution in [3.63, 3.8) is 0 Å². The predicted molar refractivity (Wildman–Crippen MR) is 140 cm³/mol. The number of hydrogen-bond acceptors (Lipinski definition) is 2. The summed E-state index contributed by atoms with van der Waals surface area (Å²) in [4.78, 5) is 0. The Morgan fingerprint density at radius 1 is 0.935 bits per heavy atom. The molecule has 0 amide bonds. The predicted octanol–water partition coefficient (Wildman–Crippen LogP) is 8.04. The van der Waals surface area contributed by atoms with E-state index < -0.39 is 5.60 Å². The topological polar surface area (TPSA) is 40.5 Å². The van der Waals surface area contributed by atoms with E-state index in [0.29, 0.717) is 0 Å². The van der Waals surface area contributed by atoms with Gasteiger partial charge in [-0.05, 0) is 68.2 Å². The largest absolute Gasteiger partial charge is 0.390 e. The van der Waals surface area contributed by atoms with Crippen molar-refractivity contribution in [2.75, 3.05) is 0 Å². The van der Waals surface area contributed by atoms with Gasteiger partial charge >= 0.3 is 0 Å². The van der Waals surface area contributed by atoms with Gasteiger partial charge in [-0.1, -0.05) is 91.2 Å². The van der Waals surface area contributed by atoms with Crippen LogP contribution in [0.4, 0.5) is 0 Å². The Hall–Kier alpha value is -0.170. The summed E-state index contributed by atoms with van der Waals surface area (Å²) < 4.78 is 0. The van der Waals surface area contributed by atoms with Gasteiger partial charge in [-0.25, -0.2) is 0 Å². The fourth-order valence-corrected chi connectivity index (χ4v) is 5.27. The molecule has 1 rings (SSSR count). The van der Waals surface area contributed by atoms with Crippen LogP contribution in [0.5, 0.6) is 0 Å². The summed E-state index contributed by atoms with van der Waals surface area (Å²) in [6.07, 6.45) is 14.5. The summed E-state index contributed by atoms with van der Waals surface area (Å²) in [5.74, 6) is 2.44. The van der Waals surface area contributed by atoms with Gasteiger partial charge in [-0.3, -0.25) is 0 Å². The summed E-state index contributed by atoms with van der Waals surface area (Å²) in [5, 5.41) is 22.2. The van der Waals surface area contributed by atoms with Crippen LogP contribution in [0.15, 0.2) is 22.5 Å². The van der Waals surface area contributed by atoms with E-state index in [1.165, 1.54) is 55.0 Å². The van der Waals surface area contributed by atoms with Crippen LogP contribution >= 0.6 is 9.24 Å². The van der Waals surface area contributed by atoms with E-state index in [2.05, 4.69) is 56.9 Å². The molecule has 182 valence electrons. The van der Waals surface area contributed by atoms with Gasteiger partial charge in [0.1, 0.15) is 0 Å². The zero-order valence-electron chi connectivity index (χ0n) is 21.7. The van der Waals surface area contributed by atoms with Crippen molar-refractivity contribution in [2.24, 2.45) is 23.7 Å². The Morgan fingerprint density at radius 3 is 2.03 bits per heavy atom. The van der Waals surface area contributed by atoms with Crippen molar-refractivity contribution in [1.82, 2.24) is 0 Å². The van der Waals surface area contributed by atoms with E-state index in [4.69, 9.17) is 0 Å². The second-order valence-electron chi connectivity index (χ2n) is 11.4. The Labute approximate surface area is 196 Å². The third-order valence-corrected chi connectivity index (χ3v) is 8.37. The second kappa shape index (κ2) is 14.2. The third-order valence-electron chi connectivity index (χ3n) is 7.55. The quantitative estimate of drug-likeness (QED) is 0.247. The molecule has 0 saturated carbocycles. The first-order valence-electron chi connectivity index (χ1n) is 13.0. The van der Waals surface area contributed by atoms with Crippen molar-refractivity contribution in [3.8, 4) is 0 Å². The Kier molecular flexibility index (Phi) is 13.2. The molecule has 31 heavy (non-hydrogen) atoms. The van der Waals surface area contributed by atoms with Gasteiger partial charge in [-0.2, -0.15) is 0 Å². The molecule has 6 unspecified atom stereocenters. The lowest BCUT2D eigenvalue weighted by Crippen LogP contribution is -2.24. The molecule has 6 atom stereocenters. The van der Waals surface area contributed by atoms with Crippen LogP contribution in [0.1, 0.15) is 119 Å². The summed E-state index contributed by atoms with van der Waals surface area (Å²) in [7, 11) is 2.90. The number of hydrogen-bond donors (Lipinski definition) is 2. The van der Waals surface area contributed by atoms with Crippen LogP contribution in [0.2, 0.25) is 0 Å². The van der Waals surface area contributed by atoms with Crippen LogP contribution < -0.4 is 0 Å². The summed E-state index contributed by atoms with van der Waals surface area (Å²) in [6, 6.07) is 0. The summed E-state index contributed by atoms with van der Waals surface area (Å²) >= 11 is 0. The summed E-state index contributed by atoms with van der Waals surface area (Å²) in [6.45, 7) is 15.6. The van der Waals surface area contributed by atoms with Crippen molar-refractivity contribution in [3.05, 3.63) is 22.5 Å². The number of aliphatic hydroxyl groups is 2. The van der Waals surface area contributed by atoms with Gasteiger partial charge in [0.15, 0.2) is 0 Å². The molecule has 3 heteroatoms. The molecule has 1 aliphatic rings. The van der Waals surface area contributed by atoms with Crippen LogP contribution in [0, 0.1) is 23.7 Å². The lowest BCUT2D eigenvalue weighted by Gasteiger charge is -2.27. The molecule has 2 nitrogen and oxygen atoms in total. The highest BCUT2D eigenvalue weighted by atomic mass is 31.0. The van der Waals surface area contributed by atoms with E-state index in [-0.39, 0.29) is 12.0 Å². The molecular weight excluding hydrogens is 399 g/mol. The highest BCUT2D eigenvalue weighted by Gasteiger charge is 2.23. The van der Waals surface area contributed by atoms with E-state index >= 15 is 0 Å². The van der Waals surface area contributed by atoms with Crippen molar-refractivity contribution in [1.29, 1.82) is 0 Å². The summed E-state index contributed by atoms with van der Waals surface area (Å²) in [5.41, 5.74) is 2.16. The maximum atomic E-state index is 10.6. The molecule has 0 heterocycles. The Bertz CT molecular complexity index is 576. The SMILES string of the molecule is CC1=C(P)C(CCC(C)CCCC(C)CCCC(C)(O)CCCC(C)C)=CC(O)C1C. The maximum absolute atomic E-state index is 10.6. The molecule has 1 aliphatic carbocycles. The second-order valence-corrected chi connectivity index (χ2v) is 12.0. The van der Waals surface area contributed by atoms with Gasteiger partial charge in [0.05, 0.1) is 11.7 Å². The van der Waals surface area contributed by atoms with E-state index in [0.717, 1.165) is 49.9 Å². The molecule has 0 spiro atoms. The Morgan fingerprint density at radius 2 is 1.45 bits per heavy atom. The smallest absolute Gasteiger partial charge is 0.0789 e. The van der Waals surface area contributed by atoms with Gasteiger partial charge in [0, 0.05) is 5.92 Å². The standard InChI is InChI=1S/C28H53O2P/c1-20(2)11-9-17-28(7,30)18-10-14-21(3)12-8-13-22(4)15-16-25-19-26(29)23(5)24(6)27(25)31/h19-23,26,29-30H,8-18,31H2,1-7H3. The van der Waals surface area contributed by atoms with Gasteiger partial charge < -0.3 is 10.2 Å². The number of rotatable bonds is 15. The van der Waals surface area contributed by atoms with E-state index in [9.17, 15) is 10.2 Å². The number of aliphatic hydroxyl groups excluding tert-OH is 1. The number of allylic oxidation sites excluding steroid dienone is 2. The first kappa shape index (κ1) is 28.9.